The molecule has 0 spiro atoms. The molecule has 0 radical (unpaired) electrons. The molecule has 0 aromatic heterocycles. The summed E-state index contributed by atoms with van der Waals surface area (Å²) in [6.07, 6.45) is 4.75. The van der Waals surface area contributed by atoms with E-state index in [1.54, 1.807) is 4.90 Å². The van der Waals surface area contributed by atoms with Gasteiger partial charge in [0.2, 0.25) is 5.91 Å². The second-order valence-corrected chi connectivity index (χ2v) is 6.74. The van der Waals surface area contributed by atoms with Crippen molar-refractivity contribution in [1.29, 1.82) is 0 Å². The van der Waals surface area contributed by atoms with Crippen molar-refractivity contribution in [2.24, 2.45) is 0 Å². The first kappa shape index (κ1) is 15.1. The zero-order valence-electron chi connectivity index (χ0n) is 12.9. The van der Waals surface area contributed by atoms with E-state index in [2.05, 4.69) is 0 Å². The Morgan fingerprint density at radius 1 is 1.15 bits per heavy atom. The Bertz CT molecular complexity index is 370. The highest BCUT2D eigenvalue weighted by molar-refractivity contribution is 5.78. The Kier molecular flexibility index (Phi) is 4.55. The molecule has 2 fully saturated rings. The van der Waals surface area contributed by atoms with Crippen LogP contribution in [0.25, 0.3) is 0 Å². The van der Waals surface area contributed by atoms with Gasteiger partial charge in [0.25, 0.3) is 0 Å². The monoisotopic (exact) mass is 282 g/mol. The fourth-order valence-corrected chi connectivity index (χ4v) is 2.95. The van der Waals surface area contributed by atoms with Crippen molar-refractivity contribution in [1.82, 2.24) is 9.80 Å². The van der Waals surface area contributed by atoms with Gasteiger partial charge in [0.05, 0.1) is 0 Å². The smallest absolute Gasteiger partial charge is 0.410 e. The van der Waals surface area contributed by atoms with Crippen molar-refractivity contribution in [3.05, 3.63) is 0 Å². The highest BCUT2D eigenvalue weighted by Crippen LogP contribution is 2.25. The number of hydrogen-bond donors (Lipinski definition) is 0. The topological polar surface area (TPSA) is 49.9 Å². The minimum Gasteiger partial charge on any atom is -0.444 e. The predicted molar refractivity (Wildman–Crippen MR) is 76.4 cm³/mol. The summed E-state index contributed by atoms with van der Waals surface area (Å²) >= 11 is 0. The van der Waals surface area contributed by atoms with Gasteiger partial charge in [0.1, 0.15) is 5.60 Å². The molecule has 1 aliphatic heterocycles. The second-order valence-electron chi connectivity index (χ2n) is 6.74. The van der Waals surface area contributed by atoms with Crippen LogP contribution in [0.2, 0.25) is 0 Å². The van der Waals surface area contributed by atoms with Crippen LogP contribution in [0.15, 0.2) is 0 Å². The van der Waals surface area contributed by atoms with E-state index in [-0.39, 0.29) is 12.0 Å². The van der Waals surface area contributed by atoms with E-state index in [0.29, 0.717) is 32.1 Å². The molecule has 1 saturated carbocycles. The van der Waals surface area contributed by atoms with Crippen molar-refractivity contribution >= 4 is 12.0 Å². The Morgan fingerprint density at radius 2 is 1.80 bits per heavy atom. The number of carbonyl (C=O) groups excluding carboxylic acids is 2. The van der Waals surface area contributed by atoms with Crippen LogP contribution in [0.3, 0.4) is 0 Å². The number of nitrogens with zero attached hydrogens (tertiary/aromatic N) is 2. The minimum atomic E-state index is -0.488. The van der Waals surface area contributed by atoms with Crippen molar-refractivity contribution in [2.45, 2.75) is 64.5 Å². The van der Waals surface area contributed by atoms with Crippen molar-refractivity contribution in [3.63, 3.8) is 0 Å². The lowest BCUT2D eigenvalue weighted by molar-refractivity contribution is -0.132. The number of carbonyl (C=O) groups is 2. The molecule has 1 heterocycles. The standard InChI is InChI=1S/C15H26N2O3/c1-15(2,3)20-14(19)16-9-8-13(18)17(11-10-16)12-6-4-5-7-12/h12H,4-11H2,1-3H3. The fraction of sp³-hybridized carbons (Fsp3) is 0.867. The maximum Gasteiger partial charge on any atom is 0.410 e. The Morgan fingerprint density at radius 3 is 2.40 bits per heavy atom. The Hall–Kier alpha value is -1.26. The van der Waals surface area contributed by atoms with E-state index in [4.69, 9.17) is 4.74 Å². The molecule has 0 atom stereocenters. The third-order valence-electron chi connectivity index (χ3n) is 3.94. The van der Waals surface area contributed by atoms with Crippen LogP contribution in [0.4, 0.5) is 4.79 Å². The first-order valence-corrected chi connectivity index (χ1v) is 7.64. The zero-order chi connectivity index (χ0) is 14.8. The molecule has 0 bridgehead atoms. The van der Waals surface area contributed by atoms with Gasteiger partial charge in [0.15, 0.2) is 0 Å². The van der Waals surface area contributed by atoms with E-state index in [0.717, 1.165) is 12.8 Å². The Balaban J connectivity index is 1.93. The summed E-state index contributed by atoms with van der Waals surface area (Å²) in [5, 5.41) is 0. The molecule has 114 valence electrons. The lowest BCUT2D eigenvalue weighted by Crippen LogP contribution is -2.41. The van der Waals surface area contributed by atoms with Crippen LogP contribution < -0.4 is 0 Å². The van der Waals surface area contributed by atoms with Crippen molar-refractivity contribution < 1.29 is 14.3 Å². The average Bonchev–Trinajstić information content (AvgIpc) is 2.77. The summed E-state index contributed by atoms with van der Waals surface area (Å²) in [5.41, 5.74) is -0.488. The lowest BCUT2D eigenvalue weighted by atomic mass is 10.2. The molecule has 2 amide bonds. The molecule has 1 aliphatic carbocycles. The van der Waals surface area contributed by atoms with Crippen molar-refractivity contribution in [3.8, 4) is 0 Å². The molecule has 5 nitrogen and oxygen atoms in total. The molecule has 0 unspecified atom stereocenters. The van der Waals surface area contributed by atoms with Gasteiger partial charge in [-0.15, -0.1) is 0 Å². The number of ether oxygens (including phenoxy) is 1. The quantitative estimate of drug-likeness (QED) is 0.742. The van der Waals surface area contributed by atoms with Crippen LogP contribution in [0.1, 0.15) is 52.9 Å². The van der Waals surface area contributed by atoms with Gasteiger partial charge in [-0.1, -0.05) is 12.8 Å². The number of hydrogen-bond acceptors (Lipinski definition) is 3. The van der Waals surface area contributed by atoms with Gasteiger partial charge in [0, 0.05) is 32.1 Å². The average molecular weight is 282 g/mol. The molecule has 2 rings (SSSR count). The molecule has 2 aliphatic rings. The summed E-state index contributed by atoms with van der Waals surface area (Å²) in [5.74, 6) is 0.183. The number of rotatable bonds is 1. The fourth-order valence-electron chi connectivity index (χ4n) is 2.95. The normalized spacial score (nSPS) is 22.1. The van der Waals surface area contributed by atoms with Crippen LogP contribution in [-0.2, 0) is 9.53 Å². The van der Waals surface area contributed by atoms with Gasteiger partial charge in [-0.2, -0.15) is 0 Å². The van der Waals surface area contributed by atoms with Crippen LogP contribution in [0, 0.1) is 0 Å². The molecule has 0 aromatic carbocycles. The highest BCUT2D eigenvalue weighted by Gasteiger charge is 2.31. The first-order valence-electron chi connectivity index (χ1n) is 7.64. The summed E-state index contributed by atoms with van der Waals surface area (Å²) in [4.78, 5) is 27.9. The van der Waals surface area contributed by atoms with E-state index in [9.17, 15) is 9.59 Å². The summed E-state index contributed by atoms with van der Waals surface area (Å²) in [6.45, 7) is 7.27. The van der Waals surface area contributed by atoms with Crippen molar-refractivity contribution in [2.75, 3.05) is 19.6 Å². The van der Waals surface area contributed by atoms with E-state index in [1.807, 2.05) is 25.7 Å². The minimum absolute atomic E-state index is 0.183. The SMILES string of the molecule is CC(C)(C)OC(=O)N1CCC(=O)N(C2CCCC2)CC1. The van der Waals surface area contributed by atoms with Gasteiger partial charge < -0.3 is 14.5 Å². The number of amides is 2. The molecular formula is C15H26N2O3. The third kappa shape index (κ3) is 3.87. The lowest BCUT2D eigenvalue weighted by Gasteiger charge is -2.28. The molecule has 5 heteroatoms. The zero-order valence-corrected chi connectivity index (χ0v) is 12.9. The summed E-state index contributed by atoms with van der Waals surface area (Å²) in [6, 6.07) is 0.390. The first-order chi connectivity index (χ1) is 9.37. The van der Waals surface area contributed by atoms with E-state index in [1.165, 1.54) is 12.8 Å². The predicted octanol–water partition coefficient (Wildman–Crippen LogP) is 2.40. The summed E-state index contributed by atoms with van der Waals surface area (Å²) in [7, 11) is 0. The van der Waals surface area contributed by atoms with Gasteiger partial charge in [-0.25, -0.2) is 4.79 Å². The second kappa shape index (κ2) is 6.02. The molecule has 0 aromatic rings. The largest absolute Gasteiger partial charge is 0.444 e. The molecular weight excluding hydrogens is 256 g/mol. The molecule has 20 heavy (non-hydrogen) atoms. The van der Waals surface area contributed by atoms with Crippen LogP contribution in [0.5, 0.6) is 0 Å². The highest BCUT2D eigenvalue weighted by atomic mass is 16.6. The van der Waals surface area contributed by atoms with Gasteiger partial charge >= 0.3 is 6.09 Å². The molecule has 0 N–H and O–H groups in total. The van der Waals surface area contributed by atoms with E-state index < -0.39 is 5.60 Å². The van der Waals surface area contributed by atoms with Gasteiger partial charge in [-0.05, 0) is 33.6 Å². The third-order valence-corrected chi connectivity index (χ3v) is 3.94. The van der Waals surface area contributed by atoms with Gasteiger partial charge in [-0.3, -0.25) is 4.79 Å². The maximum absolute atomic E-state index is 12.2. The Labute approximate surface area is 121 Å². The van der Waals surface area contributed by atoms with Crippen LogP contribution >= 0.6 is 0 Å². The maximum atomic E-state index is 12.2. The van der Waals surface area contributed by atoms with E-state index >= 15 is 0 Å². The molecule has 1 saturated heterocycles. The van der Waals surface area contributed by atoms with Crippen LogP contribution in [-0.4, -0.2) is 53.1 Å². The summed E-state index contributed by atoms with van der Waals surface area (Å²) < 4.78 is 5.39.